The topological polar surface area (TPSA) is 275 Å². The van der Waals surface area contributed by atoms with Gasteiger partial charge < -0.3 is 73.9 Å². The molecule has 2 fully saturated rings. The molecule has 16 N–H and O–H groups in total. The molecule has 0 aromatic heterocycles. The van der Waals surface area contributed by atoms with Crippen LogP contribution >= 0.6 is 0 Å². The molecule has 0 amide bonds. The van der Waals surface area contributed by atoms with Crippen molar-refractivity contribution in [2.75, 3.05) is 33.3 Å². The predicted octanol–water partition coefficient (Wildman–Crippen LogP) is -5.31. The first kappa shape index (κ1) is 30.9. The summed E-state index contributed by atoms with van der Waals surface area (Å²) < 4.78 is 18.0. The number of likely N-dealkylation sites (N-methyl/N-ethyl adjacent to an activating group) is 1. The lowest BCUT2D eigenvalue weighted by Gasteiger charge is -2.50. The molecule has 0 radical (unpaired) electrons. The number of rotatable bonds is 10. The molecule has 0 bridgehead atoms. The van der Waals surface area contributed by atoms with Crippen molar-refractivity contribution in [3.8, 4) is 0 Å². The number of ether oxygens (including phenoxy) is 3. The van der Waals surface area contributed by atoms with Crippen molar-refractivity contribution in [2.24, 2.45) is 39.6 Å². The SMILES string of the molecule is CN[C@@H]1[C@@H](O)[C@@H](O[C@H]2[C@H](NCC(O)CN)C[C@H](N)C([C@H]3OC(CN)=CC[C@H]3N=C(N)N)[C@@H]2O)OC[C@]1(C)O. The largest absolute Gasteiger partial charge is 0.491 e. The number of nitrogens with one attached hydrogen (secondary N) is 2. The van der Waals surface area contributed by atoms with Crippen LogP contribution in [0.4, 0.5) is 0 Å². The maximum Gasteiger partial charge on any atom is 0.186 e. The number of aliphatic imine (C=N–C) groups is 1. The molecule has 2 aliphatic heterocycles. The number of aliphatic hydroxyl groups excluding tert-OH is 3. The maximum atomic E-state index is 11.7. The smallest absolute Gasteiger partial charge is 0.186 e. The van der Waals surface area contributed by atoms with Crippen LogP contribution in [-0.2, 0) is 14.2 Å². The van der Waals surface area contributed by atoms with Crippen molar-refractivity contribution in [1.29, 1.82) is 0 Å². The maximum absolute atomic E-state index is 11.7. The summed E-state index contributed by atoms with van der Waals surface area (Å²) in [5.74, 6) is -0.283. The van der Waals surface area contributed by atoms with Gasteiger partial charge in [0.15, 0.2) is 12.2 Å². The molecule has 1 aliphatic carbocycles. The quantitative estimate of drug-likeness (QED) is 0.0902. The molecule has 1 saturated heterocycles. The Kier molecular flexibility index (Phi) is 10.7. The molecule has 3 rings (SSSR count). The number of guanidine groups is 1. The van der Waals surface area contributed by atoms with Crippen LogP contribution in [0.2, 0.25) is 0 Å². The first-order valence-electron chi connectivity index (χ1n) is 13.0. The van der Waals surface area contributed by atoms with E-state index in [2.05, 4.69) is 15.6 Å². The minimum atomic E-state index is -1.35. The highest BCUT2D eigenvalue weighted by Crippen LogP contribution is 2.37. The average molecular weight is 547 g/mol. The van der Waals surface area contributed by atoms with Crippen LogP contribution in [0.5, 0.6) is 0 Å². The van der Waals surface area contributed by atoms with Crippen LogP contribution in [0.25, 0.3) is 0 Å². The third-order valence-electron chi connectivity index (χ3n) is 7.62. The Hall–Kier alpha value is -1.63. The predicted molar refractivity (Wildman–Crippen MR) is 139 cm³/mol. The van der Waals surface area contributed by atoms with Gasteiger partial charge in [0.1, 0.15) is 29.7 Å². The normalized spacial score (nSPS) is 42.6. The van der Waals surface area contributed by atoms with Gasteiger partial charge in [0.2, 0.25) is 0 Å². The molecule has 3 aliphatic rings. The Morgan fingerprint density at radius 1 is 1.29 bits per heavy atom. The van der Waals surface area contributed by atoms with E-state index in [-0.39, 0.29) is 32.2 Å². The van der Waals surface area contributed by atoms with Crippen molar-refractivity contribution in [1.82, 2.24) is 10.6 Å². The lowest BCUT2D eigenvalue weighted by molar-refractivity contribution is -0.297. The zero-order chi connectivity index (χ0) is 28.2. The second kappa shape index (κ2) is 13.1. The molecule has 2 heterocycles. The molecule has 0 spiro atoms. The summed E-state index contributed by atoms with van der Waals surface area (Å²) in [5, 5.41) is 49.4. The molecule has 220 valence electrons. The zero-order valence-electron chi connectivity index (χ0n) is 22.0. The highest BCUT2D eigenvalue weighted by Gasteiger charge is 2.53. The van der Waals surface area contributed by atoms with Gasteiger partial charge >= 0.3 is 0 Å². The monoisotopic (exact) mass is 546 g/mol. The Balaban J connectivity index is 1.90. The summed E-state index contributed by atoms with van der Waals surface area (Å²) in [6.07, 6.45) is -3.60. The Labute approximate surface area is 222 Å². The molecule has 2 unspecified atom stereocenters. The van der Waals surface area contributed by atoms with Crippen molar-refractivity contribution >= 4 is 5.96 Å². The summed E-state index contributed by atoms with van der Waals surface area (Å²) in [6.45, 7) is 1.75. The summed E-state index contributed by atoms with van der Waals surface area (Å²) in [4.78, 5) is 4.30. The fourth-order valence-electron chi connectivity index (χ4n) is 5.67. The van der Waals surface area contributed by atoms with Gasteiger partial charge in [-0.25, -0.2) is 4.99 Å². The number of aliphatic hydroxyl groups is 4. The molecule has 12 atom stereocenters. The number of hydrogen-bond donors (Lipinski definition) is 11. The first-order chi connectivity index (χ1) is 17.9. The molecule has 0 aromatic rings. The van der Waals surface area contributed by atoms with E-state index in [0.717, 1.165) is 0 Å². The van der Waals surface area contributed by atoms with Gasteiger partial charge in [-0.1, -0.05) is 0 Å². The fourth-order valence-corrected chi connectivity index (χ4v) is 5.67. The lowest BCUT2D eigenvalue weighted by Crippen LogP contribution is -2.69. The summed E-state index contributed by atoms with van der Waals surface area (Å²) in [5.41, 5.74) is 28.0. The van der Waals surface area contributed by atoms with E-state index in [4.69, 9.17) is 42.9 Å². The van der Waals surface area contributed by atoms with Gasteiger partial charge in [-0.3, -0.25) is 0 Å². The van der Waals surface area contributed by atoms with Crippen LogP contribution < -0.4 is 39.3 Å². The number of nitrogens with two attached hydrogens (primary N) is 5. The van der Waals surface area contributed by atoms with Crippen LogP contribution in [0.3, 0.4) is 0 Å². The van der Waals surface area contributed by atoms with Gasteiger partial charge in [0.05, 0.1) is 37.4 Å². The summed E-state index contributed by atoms with van der Waals surface area (Å²) >= 11 is 0. The average Bonchev–Trinajstić information content (AvgIpc) is 2.86. The first-order valence-corrected chi connectivity index (χ1v) is 13.0. The Bertz CT molecular complexity index is 830. The molecule has 15 heteroatoms. The standard InChI is InChI=1S/C23H46N8O7/c1-23(35)9-36-21(17(34)20(23)29-2)38-19-14(30-8-10(32)6-24)5-12(26)15(16(19)33)18-13(31-22(27)28)4-3-11(7-25)37-18/h3,10,12-21,29-30,32-35H,4-9,24-26H2,1-2H3,(H4,27,28,31)/t10?,12-,13+,14+,15?,16-,17+,18-,19-,20+,21+,23-/m0/s1. The van der Waals surface area contributed by atoms with E-state index < -0.39 is 72.5 Å². The summed E-state index contributed by atoms with van der Waals surface area (Å²) in [7, 11) is 1.61. The van der Waals surface area contributed by atoms with Crippen molar-refractivity contribution in [3.63, 3.8) is 0 Å². The van der Waals surface area contributed by atoms with Crippen LogP contribution in [0.15, 0.2) is 16.8 Å². The minimum absolute atomic E-state index is 0.0379. The molecular formula is C23H46N8O7. The van der Waals surface area contributed by atoms with Crippen molar-refractivity contribution in [3.05, 3.63) is 11.8 Å². The zero-order valence-corrected chi connectivity index (χ0v) is 22.0. The molecule has 1 saturated carbocycles. The number of nitrogens with zero attached hydrogens (tertiary/aromatic N) is 1. The second-order valence-corrected chi connectivity index (χ2v) is 10.6. The summed E-state index contributed by atoms with van der Waals surface area (Å²) in [6, 6.07) is -2.40. The third kappa shape index (κ3) is 6.92. The van der Waals surface area contributed by atoms with Crippen LogP contribution in [0.1, 0.15) is 19.8 Å². The van der Waals surface area contributed by atoms with Gasteiger partial charge in [-0.2, -0.15) is 0 Å². The number of hydrogen-bond acceptors (Lipinski definition) is 13. The molecular weight excluding hydrogens is 500 g/mol. The highest BCUT2D eigenvalue weighted by molar-refractivity contribution is 5.76. The molecule has 15 nitrogen and oxygen atoms in total. The highest BCUT2D eigenvalue weighted by atomic mass is 16.7. The van der Waals surface area contributed by atoms with E-state index in [1.54, 1.807) is 20.0 Å². The van der Waals surface area contributed by atoms with E-state index >= 15 is 0 Å². The van der Waals surface area contributed by atoms with Crippen molar-refractivity contribution in [2.45, 2.75) is 86.3 Å². The second-order valence-electron chi connectivity index (χ2n) is 10.6. The van der Waals surface area contributed by atoms with Gasteiger partial charge in [0.25, 0.3) is 0 Å². The van der Waals surface area contributed by atoms with Crippen LogP contribution in [0, 0.1) is 5.92 Å². The van der Waals surface area contributed by atoms with E-state index in [1.807, 2.05) is 0 Å². The van der Waals surface area contributed by atoms with Crippen LogP contribution in [-0.4, -0.2) is 126 Å². The van der Waals surface area contributed by atoms with Gasteiger partial charge in [-0.05, 0) is 32.9 Å². The van der Waals surface area contributed by atoms with Crippen molar-refractivity contribution < 1.29 is 34.6 Å². The minimum Gasteiger partial charge on any atom is -0.491 e. The fraction of sp³-hybridized carbons (Fsp3) is 0.870. The Morgan fingerprint density at radius 3 is 2.61 bits per heavy atom. The molecule has 38 heavy (non-hydrogen) atoms. The van der Waals surface area contributed by atoms with E-state index in [0.29, 0.717) is 18.6 Å². The third-order valence-corrected chi connectivity index (χ3v) is 7.62. The molecule has 0 aromatic carbocycles. The van der Waals surface area contributed by atoms with Gasteiger partial charge in [-0.15, -0.1) is 0 Å². The van der Waals surface area contributed by atoms with Gasteiger partial charge in [0, 0.05) is 31.1 Å². The lowest BCUT2D eigenvalue weighted by atomic mass is 9.72. The van der Waals surface area contributed by atoms with E-state index in [1.165, 1.54) is 0 Å². The Morgan fingerprint density at radius 2 is 2.00 bits per heavy atom. The van der Waals surface area contributed by atoms with E-state index in [9.17, 15) is 20.4 Å².